The molecule has 3 aromatic heterocycles. The van der Waals surface area contributed by atoms with Gasteiger partial charge in [0.15, 0.2) is 17.2 Å². The average molecular weight is 1940 g/mol. The maximum Gasteiger partial charge on any atom is 2.00 e. The van der Waals surface area contributed by atoms with Crippen LogP contribution in [0, 0.1) is 67.4 Å². The number of rotatable bonds is 28. The van der Waals surface area contributed by atoms with Gasteiger partial charge in [-0.15, -0.1) is 29.4 Å². The summed E-state index contributed by atoms with van der Waals surface area (Å²) in [5.74, 6) is 2.36. The number of ketones is 1. The standard InChI is InChI=1S/C24H24N4O2.C12H9N3O2.C12H17NO.C12H15NO.C12H22NSi2.C8H15NO2.C6H10O2.C3H4N2.C2H7NO.B.BrH.Cl2OS.ClH.Mg.Na.2H/c1-16-13-22(28(27-16)21-8-4-6-19(15-21)25-2)24(30)26-20-7-3-5-18(14-20)23(29)12-11-17-9-10-17;1-8-5-11(12(16)17)15(14-8)10-4-2-3-9(6-10)7-13;2*13-11-3-1-2-10(8-11)12(14)7-6-9-4-5-9;1-14(2,3)13(15(4,5)6)12-10-8-7-9-11-12;1-9(11-2)8(10)6-5-7-3-4-7;7-6(8)4-3-5-1-2-5;1-2-5-3-4-1;1-3-4-2;;;1-4(2)3;;;;;/h3-8,13-15,17,23,29H,9-12H2,1H3,(H,26,30);2-6H,1H3,(H,16,17);1-3,8-9,12,14H,4-7,13H2;1-3,8-9H,4-7,13H2;7-8,10-11H,1-6H3;7H,3-6H2,1-2H3;5H,1-4H2,(H,7,8);1-3H,(H,4,5);3H,1-2H3;;1H;;1H;;;;/q;;;;-1;;;;;;;;;+2;+1;2*-1. The first kappa shape index (κ1) is 119. The van der Waals surface area contributed by atoms with E-state index < -0.39 is 43.7 Å². The van der Waals surface area contributed by atoms with Crippen LogP contribution in [0.4, 0.5) is 28.4 Å². The molecule has 0 bridgehead atoms. The first-order valence-corrected chi connectivity index (χ1v) is 50.8. The summed E-state index contributed by atoms with van der Waals surface area (Å²) in [7, 11) is 11.2. The predicted molar refractivity (Wildman–Crippen MR) is 522 cm³/mol. The number of carbonyl (C=O) groups is 5. The van der Waals surface area contributed by atoms with Crippen molar-refractivity contribution in [3.8, 4) is 17.4 Å². The Balaban J connectivity index is -0.00000143. The van der Waals surface area contributed by atoms with Crippen molar-refractivity contribution >= 4 is 166 Å². The zero-order valence-corrected chi connectivity index (χ0v) is 85.7. The number of nitrogens with one attached hydrogen (secondary N) is 3. The van der Waals surface area contributed by atoms with Gasteiger partial charge in [-0.1, -0.05) is 164 Å². The number of nitriles is 1. The first-order chi connectivity index (χ1) is 58.0. The van der Waals surface area contributed by atoms with Crippen LogP contribution in [0.15, 0.2) is 176 Å². The fourth-order valence-electron chi connectivity index (χ4n) is 12.7. The molecule has 9 aromatic rings. The Morgan fingerprint density at radius 3 is 1.59 bits per heavy atom. The number of hydrogen-bond acceptors (Lipinski definition) is 18. The SMILES string of the molecule is Br.CNOC.CON(C)C(=O)CCC1CC1.C[Si](C)(C)N(c1c[c-]ccc1)[Si](C)(C)C.Cc1cc(C(=O)O)n(-c2cccc(C#N)c2)n1.Cl.Nc1cccc(C(=O)CCC2CC2)c1.Nc1cccc(C(O)CCC2CC2)c1.O=C(O)CCC1CC1.O=S(Cl)Cl.[B].[C-]#[N+]c1cccc(-n2nc(C)cc2C(=O)Nc2cccc(C(O)CCC3CC3)c2)c1.[H-].[H-].[Mg+2].[Na+].c1c[nH]cn1. The smallest absolute Gasteiger partial charge is 1.00 e. The molecule has 127 heavy (non-hydrogen) atoms. The number of imidazole rings is 1. The van der Waals surface area contributed by atoms with Crippen LogP contribution in [0.1, 0.15) is 203 Å². The molecule has 3 radical (unpaired) electrons. The molecule has 36 heteroatoms. The van der Waals surface area contributed by atoms with E-state index in [0.717, 1.165) is 96.9 Å². The number of Topliss-reactive ketones (excluding diaryl/α,β-unsaturated/α-hetero) is 1. The number of aliphatic hydroxyl groups is 2. The van der Waals surface area contributed by atoms with E-state index in [4.69, 9.17) is 42.6 Å². The minimum Gasteiger partial charge on any atom is -1.00 e. The predicted octanol–water partition coefficient (Wildman–Crippen LogP) is 17.2. The van der Waals surface area contributed by atoms with E-state index >= 15 is 0 Å². The van der Waals surface area contributed by atoms with Crippen molar-refractivity contribution in [1.29, 1.82) is 5.26 Å². The van der Waals surface area contributed by atoms with Crippen LogP contribution in [0.2, 0.25) is 39.3 Å². The van der Waals surface area contributed by atoms with Crippen molar-refractivity contribution in [3.63, 3.8) is 0 Å². The van der Waals surface area contributed by atoms with E-state index in [1.807, 2.05) is 85.8 Å². The quantitative estimate of drug-likeness (QED) is 0.00549. The fourth-order valence-corrected chi connectivity index (χ4v) is 22.5. The molecule has 5 fully saturated rings. The summed E-state index contributed by atoms with van der Waals surface area (Å²) in [6.45, 7) is 25.2. The van der Waals surface area contributed by atoms with E-state index in [0.29, 0.717) is 70.3 Å². The number of carbonyl (C=O) groups excluding carboxylic acids is 3. The molecule has 0 spiro atoms. The summed E-state index contributed by atoms with van der Waals surface area (Å²) in [4.78, 5) is 75.6. The molecule has 2 amide bonds. The molecule has 5 aliphatic carbocycles. The summed E-state index contributed by atoms with van der Waals surface area (Å²) in [5.41, 5.74) is 23.6. The zero-order valence-electron chi connectivity index (χ0n) is 77.4. The number of nitrogens with zero attached hydrogens (tertiary/aromatic N) is 9. The number of nitrogen functional groups attached to an aromatic ring is 2. The molecule has 5 saturated carbocycles. The van der Waals surface area contributed by atoms with Crippen LogP contribution >= 0.6 is 50.8 Å². The summed E-state index contributed by atoms with van der Waals surface area (Å²) in [6.07, 6.45) is 25.7. The number of aliphatic hydroxyl groups excluding tert-OH is 2. The number of hydroxylamine groups is 3. The number of halogens is 4. The summed E-state index contributed by atoms with van der Waals surface area (Å²) < 4.78 is 14.7. The van der Waals surface area contributed by atoms with Crippen molar-refractivity contribution in [2.24, 2.45) is 29.6 Å². The number of aromatic carboxylic acids is 1. The molecule has 5 aliphatic rings. The number of aliphatic carboxylic acids is 1. The van der Waals surface area contributed by atoms with Crippen molar-refractivity contribution in [2.75, 3.05) is 49.3 Å². The summed E-state index contributed by atoms with van der Waals surface area (Å²) in [6, 6.07) is 52.6. The van der Waals surface area contributed by atoms with Gasteiger partial charge in [0.25, 0.3) is 5.91 Å². The second-order valence-corrected chi connectivity index (χ2v) is 44.9. The molecule has 0 aliphatic heterocycles. The molecular formula is C91H127BBrCl3MgN14NaO12SSi2. The Morgan fingerprint density at radius 1 is 0.693 bits per heavy atom. The number of aryl methyl sites for hydroxylation is 2. The van der Waals surface area contributed by atoms with Crippen molar-refractivity contribution in [3.05, 3.63) is 239 Å². The normalized spacial score (nSPS) is 13.3. The number of nitrogens with two attached hydrogens (primary N) is 2. The third-order valence-electron chi connectivity index (χ3n) is 19.6. The zero-order chi connectivity index (χ0) is 89.9. The van der Waals surface area contributed by atoms with Crippen molar-refractivity contribution in [1.82, 2.24) is 40.1 Å². The van der Waals surface area contributed by atoms with E-state index in [9.17, 15) is 34.2 Å². The molecule has 11 N–H and O–H groups in total. The Kier molecular flexibility index (Phi) is 59.7. The minimum atomic E-state index is -1.67. The molecule has 3 heterocycles. The van der Waals surface area contributed by atoms with E-state index in [1.165, 1.54) is 92.8 Å². The van der Waals surface area contributed by atoms with Gasteiger partial charge in [0.2, 0.25) is 15.1 Å². The number of carboxylic acid groups (broad SMARTS) is 2. The van der Waals surface area contributed by atoms with Gasteiger partial charge in [-0.05, 0) is 178 Å². The van der Waals surface area contributed by atoms with Gasteiger partial charge in [-0.25, -0.2) is 38.7 Å². The van der Waals surface area contributed by atoms with Crippen LogP contribution in [0.3, 0.4) is 0 Å². The molecule has 2 unspecified atom stereocenters. The number of H-pyrrole nitrogens is 1. The van der Waals surface area contributed by atoms with Crippen LogP contribution in [0.25, 0.3) is 16.2 Å². The maximum atomic E-state index is 13.0. The maximum absolute atomic E-state index is 13.0. The van der Waals surface area contributed by atoms with Crippen LogP contribution in [-0.2, 0) is 28.5 Å². The molecule has 14 rings (SSSR count). The first-order valence-electron chi connectivity index (χ1n) is 41.1. The Labute approximate surface area is 823 Å². The second kappa shape index (κ2) is 63.5. The Morgan fingerprint density at radius 2 is 1.16 bits per heavy atom. The van der Waals surface area contributed by atoms with Gasteiger partial charge >= 0.3 is 64.5 Å². The molecule has 2 atom stereocenters. The van der Waals surface area contributed by atoms with Gasteiger partial charge in [0, 0.05) is 98.2 Å². The molecule has 681 valence electrons. The van der Waals surface area contributed by atoms with Crippen LogP contribution < -0.4 is 56.1 Å². The Bertz CT molecular complexity index is 4780. The monoisotopic (exact) mass is 1940 g/mol. The van der Waals surface area contributed by atoms with Gasteiger partial charge in [-0.2, -0.15) is 45.8 Å². The van der Waals surface area contributed by atoms with E-state index in [1.54, 1.807) is 112 Å². The molecular weight excluding hydrogens is 1810 g/mol. The van der Waals surface area contributed by atoms with Gasteiger partial charge in [0.1, 0.15) is 22.2 Å². The Hall–Kier alpha value is -7.56. The summed E-state index contributed by atoms with van der Waals surface area (Å²) >= 11 is 0. The van der Waals surface area contributed by atoms with Crippen LogP contribution in [0.5, 0.6) is 0 Å². The van der Waals surface area contributed by atoms with E-state index in [-0.39, 0.29) is 123 Å². The van der Waals surface area contributed by atoms with Gasteiger partial charge < -0.3 is 54.1 Å². The third-order valence-corrected chi connectivity index (χ3v) is 26.8. The number of amides is 2. The molecule has 6 aromatic carbocycles. The van der Waals surface area contributed by atoms with E-state index in [2.05, 4.69) is 130 Å². The number of carboxylic acids is 2. The average Bonchev–Trinajstić information content (AvgIpc) is 1.66. The third kappa shape index (κ3) is 50.4. The molecule has 26 nitrogen and oxygen atoms in total. The number of anilines is 4. The second-order valence-electron chi connectivity index (χ2n) is 32.3. The van der Waals surface area contributed by atoms with Crippen molar-refractivity contribution < 1.29 is 90.7 Å². The number of benzene rings is 6. The minimum absolute atomic E-state index is 0. The number of aromatic nitrogens is 6. The molecule has 0 saturated heterocycles. The van der Waals surface area contributed by atoms with Gasteiger partial charge in [-0.3, -0.25) is 24.0 Å². The topological polar surface area (TPSA) is 377 Å². The van der Waals surface area contributed by atoms with Crippen molar-refractivity contribution in [2.45, 2.75) is 194 Å². The van der Waals surface area contributed by atoms with Gasteiger partial charge in [0.05, 0.1) is 73.7 Å². The van der Waals surface area contributed by atoms with Crippen LogP contribution in [-0.4, -0.2) is 165 Å². The fraction of sp³-hybridized carbons (Fsp3) is 0.429. The summed E-state index contributed by atoms with van der Waals surface area (Å²) in [5, 5.41) is 59.1. The largest absolute Gasteiger partial charge is 2.00 e. The number of hydrogen-bond donors (Lipinski definition) is 9. The number of aromatic amines is 1.